The fraction of sp³-hybridized carbons (Fsp3) is 0.462. The molecular formula is C13H17BrIN3. The minimum absolute atomic E-state index is 0. The van der Waals surface area contributed by atoms with Gasteiger partial charge in [0.05, 0.1) is 0 Å². The smallest absolute Gasteiger partial charge is 0.191 e. The Hall–Kier alpha value is -0.300. The van der Waals surface area contributed by atoms with Crippen molar-refractivity contribution in [1.82, 2.24) is 10.6 Å². The Balaban J connectivity index is 0.00000120. The van der Waals surface area contributed by atoms with Crippen LogP contribution < -0.4 is 10.6 Å². The molecule has 0 amide bonds. The van der Waals surface area contributed by atoms with Crippen molar-refractivity contribution in [1.29, 1.82) is 0 Å². The summed E-state index contributed by atoms with van der Waals surface area (Å²) in [6.45, 7) is 1.99. The van der Waals surface area contributed by atoms with Crippen LogP contribution in [0.1, 0.15) is 24.3 Å². The van der Waals surface area contributed by atoms with Crippen molar-refractivity contribution in [3.05, 3.63) is 34.3 Å². The number of benzene rings is 1. The summed E-state index contributed by atoms with van der Waals surface area (Å²) in [5, 5.41) is 6.79. The predicted molar refractivity (Wildman–Crippen MR) is 88.8 cm³/mol. The monoisotopic (exact) mass is 421 g/mol. The fourth-order valence-electron chi connectivity index (χ4n) is 2.28. The lowest BCUT2D eigenvalue weighted by atomic mass is 10.1. The van der Waals surface area contributed by atoms with Crippen LogP contribution in [0.15, 0.2) is 33.7 Å². The molecular weight excluding hydrogens is 405 g/mol. The van der Waals surface area contributed by atoms with E-state index in [4.69, 9.17) is 0 Å². The second-order valence-electron chi connectivity index (χ2n) is 4.63. The molecule has 0 radical (unpaired) electrons. The van der Waals surface area contributed by atoms with Crippen LogP contribution in [0.2, 0.25) is 0 Å². The molecule has 1 heterocycles. The molecule has 98 valence electrons. The summed E-state index contributed by atoms with van der Waals surface area (Å²) in [4.78, 5) is 4.44. The number of hydrogen-bond acceptors (Lipinski definition) is 3. The van der Waals surface area contributed by atoms with E-state index in [1.807, 2.05) is 0 Å². The minimum Gasteiger partial charge on any atom is -0.356 e. The van der Waals surface area contributed by atoms with Gasteiger partial charge < -0.3 is 10.6 Å². The molecule has 0 spiro atoms. The number of guanidine groups is 1. The molecule has 0 aromatic heterocycles. The largest absolute Gasteiger partial charge is 0.356 e. The van der Waals surface area contributed by atoms with Crippen LogP contribution in [0.5, 0.6) is 0 Å². The molecule has 5 heteroatoms. The summed E-state index contributed by atoms with van der Waals surface area (Å²) in [6, 6.07) is 9.02. The van der Waals surface area contributed by atoms with Crippen LogP contribution in [0.4, 0.5) is 0 Å². The van der Waals surface area contributed by atoms with Gasteiger partial charge in [-0.05, 0) is 24.5 Å². The molecule has 1 saturated carbocycles. The zero-order valence-corrected chi connectivity index (χ0v) is 13.9. The Morgan fingerprint density at radius 3 is 2.89 bits per heavy atom. The Labute approximate surface area is 133 Å². The van der Waals surface area contributed by atoms with E-state index in [0.717, 1.165) is 25.5 Å². The van der Waals surface area contributed by atoms with Crippen LogP contribution in [0.3, 0.4) is 0 Å². The van der Waals surface area contributed by atoms with Gasteiger partial charge in [0.2, 0.25) is 0 Å². The molecule has 1 aromatic rings. The number of halogens is 2. The van der Waals surface area contributed by atoms with Gasteiger partial charge in [0.1, 0.15) is 0 Å². The number of hydrogen-bond donors (Lipinski definition) is 2. The molecule has 2 atom stereocenters. The van der Waals surface area contributed by atoms with Crippen molar-refractivity contribution in [3.8, 4) is 0 Å². The van der Waals surface area contributed by atoms with E-state index in [9.17, 15) is 0 Å². The van der Waals surface area contributed by atoms with Crippen LogP contribution in [-0.4, -0.2) is 25.1 Å². The SMILES string of the molecule is Brc1ccccc1[C@@H]1C[C@H]1NC1=NCCCN1.I. The van der Waals surface area contributed by atoms with Crippen molar-refractivity contribution in [3.63, 3.8) is 0 Å². The van der Waals surface area contributed by atoms with Crippen LogP contribution in [0.25, 0.3) is 0 Å². The van der Waals surface area contributed by atoms with Crippen LogP contribution >= 0.6 is 39.9 Å². The second kappa shape index (κ2) is 6.23. The van der Waals surface area contributed by atoms with E-state index < -0.39 is 0 Å². The normalized spacial score (nSPS) is 25.5. The Kier molecular flexibility index (Phi) is 4.89. The zero-order valence-electron chi connectivity index (χ0n) is 10.0. The van der Waals surface area contributed by atoms with E-state index in [-0.39, 0.29) is 24.0 Å². The highest BCUT2D eigenvalue weighted by Crippen LogP contribution is 2.43. The van der Waals surface area contributed by atoms with Gasteiger partial charge in [0.15, 0.2) is 5.96 Å². The highest BCUT2D eigenvalue weighted by Gasteiger charge is 2.40. The first-order valence-corrected chi connectivity index (χ1v) is 6.93. The first kappa shape index (κ1) is 14.1. The maximum Gasteiger partial charge on any atom is 0.191 e. The molecule has 3 rings (SSSR count). The summed E-state index contributed by atoms with van der Waals surface area (Å²) in [7, 11) is 0. The van der Waals surface area contributed by atoms with Gasteiger partial charge in [-0.3, -0.25) is 4.99 Å². The first-order valence-electron chi connectivity index (χ1n) is 6.14. The van der Waals surface area contributed by atoms with Gasteiger partial charge in [-0.2, -0.15) is 0 Å². The van der Waals surface area contributed by atoms with Crippen molar-refractivity contribution in [2.24, 2.45) is 4.99 Å². The molecule has 1 aliphatic carbocycles. The average molecular weight is 422 g/mol. The van der Waals surface area contributed by atoms with E-state index in [1.165, 1.54) is 16.5 Å². The molecule has 0 bridgehead atoms. The summed E-state index contributed by atoms with van der Waals surface area (Å²) in [5.74, 6) is 1.60. The third-order valence-corrected chi connectivity index (χ3v) is 4.04. The van der Waals surface area contributed by atoms with Gasteiger partial charge in [-0.1, -0.05) is 34.1 Å². The number of nitrogens with one attached hydrogen (secondary N) is 2. The highest BCUT2D eigenvalue weighted by atomic mass is 127. The lowest BCUT2D eigenvalue weighted by Gasteiger charge is -2.16. The van der Waals surface area contributed by atoms with E-state index in [1.54, 1.807) is 0 Å². The van der Waals surface area contributed by atoms with Gasteiger partial charge in [-0.25, -0.2) is 0 Å². The van der Waals surface area contributed by atoms with Crippen molar-refractivity contribution < 1.29 is 0 Å². The van der Waals surface area contributed by atoms with E-state index in [2.05, 4.69) is 55.8 Å². The quantitative estimate of drug-likeness (QED) is 0.720. The molecule has 2 aliphatic rings. The van der Waals surface area contributed by atoms with Gasteiger partial charge in [0.25, 0.3) is 0 Å². The van der Waals surface area contributed by atoms with Gasteiger partial charge in [0, 0.05) is 29.5 Å². The second-order valence-corrected chi connectivity index (χ2v) is 5.48. The predicted octanol–water partition coefficient (Wildman–Crippen LogP) is 2.86. The third-order valence-electron chi connectivity index (χ3n) is 3.31. The number of aliphatic imine (C=N–C) groups is 1. The minimum atomic E-state index is 0. The molecule has 3 nitrogen and oxygen atoms in total. The van der Waals surface area contributed by atoms with E-state index >= 15 is 0 Å². The fourth-order valence-corrected chi connectivity index (χ4v) is 2.86. The molecule has 18 heavy (non-hydrogen) atoms. The maximum absolute atomic E-state index is 4.44. The Morgan fingerprint density at radius 1 is 1.33 bits per heavy atom. The highest BCUT2D eigenvalue weighted by molar-refractivity contribution is 14.0. The molecule has 1 fully saturated rings. The summed E-state index contributed by atoms with van der Waals surface area (Å²) >= 11 is 3.62. The lowest BCUT2D eigenvalue weighted by Crippen LogP contribution is -2.42. The third kappa shape index (κ3) is 3.17. The first-order chi connectivity index (χ1) is 8.34. The van der Waals surface area contributed by atoms with Crippen molar-refractivity contribution in [2.75, 3.05) is 13.1 Å². The van der Waals surface area contributed by atoms with Gasteiger partial charge >= 0.3 is 0 Å². The average Bonchev–Trinajstić information content (AvgIpc) is 3.10. The standard InChI is InChI=1S/C13H16BrN3.HI/c14-11-5-2-1-4-9(11)10-8-12(10)17-13-15-6-3-7-16-13;/h1-2,4-5,10,12H,3,6-8H2,(H2,15,16,17);1H/t10-,12+;/m0./s1. The molecule has 0 unspecified atom stereocenters. The molecule has 1 aliphatic heterocycles. The number of rotatable bonds is 2. The maximum atomic E-state index is 4.44. The molecule has 2 N–H and O–H groups in total. The summed E-state index contributed by atoms with van der Waals surface area (Å²) < 4.78 is 1.22. The molecule has 1 aromatic carbocycles. The lowest BCUT2D eigenvalue weighted by molar-refractivity contribution is 0.696. The Bertz CT molecular complexity index is 450. The Morgan fingerprint density at radius 2 is 2.17 bits per heavy atom. The summed E-state index contributed by atoms with van der Waals surface area (Å²) in [6.07, 6.45) is 2.34. The van der Waals surface area contributed by atoms with Gasteiger partial charge in [-0.15, -0.1) is 24.0 Å². The van der Waals surface area contributed by atoms with E-state index in [0.29, 0.717) is 12.0 Å². The van der Waals surface area contributed by atoms with Crippen LogP contribution in [-0.2, 0) is 0 Å². The van der Waals surface area contributed by atoms with Crippen molar-refractivity contribution >= 4 is 45.9 Å². The van der Waals surface area contributed by atoms with Crippen LogP contribution in [0, 0.1) is 0 Å². The number of nitrogens with zero attached hydrogens (tertiary/aromatic N) is 1. The zero-order chi connectivity index (χ0) is 11.7. The summed E-state index contributed by atoms with van der Waals surface area (Å²) in [5.41, 5.74) is 1.40. The van der Waals surface area contributed by atoms with Crippen molar-refractivity contribution in [2.45, 2.75) is 24.8 Å². The molecule has 0 saturated heterocycles. The topological polar surface area (TPSA) is 36.4 Å².